The first-order chi connectivity index (χ1) is 6.11. The summed E-state index contributed by atoms with van der Waals surface area (Å²) in [6.07, 6.45) is -0.560. The van der Waals surface area contributed by atoms with Crippen LogP contribution in [0.15, 0.2) is 0 Å². The number of carboxylic acid groups (broad SMARTS) is 1. The molecule has 0 heterocycles. The Balaban J connectivity index is 3.94. The third kappa shape index (κ3) is 5.30. The van der Waals surface area contributed by atoms with E-state index in [4.69, 9.17) is 16.7 Å². The normalized spacial score (nSPS) is 11.8. The molecule has 76 valence electrons. The molecule has 0 aliphatic heterocycles. The minimum absolute atomic E-state index is 0.170. The van der Waals surface area contributed by atoms with Gasteiger partial charge in [-0.3, -0.25) is 0 Å². The lowest BCUT2D eigenvalue weighted by atomic mass is 10.2. The molecule has 1 atom stereocenters. The number of carboxylic acids is 1. The molecule has 0 saturated carbocycles. The van der Waals surface area contributed by atoms with E-state index in [-0.39, 0.29) is 18.9 Å². The predicted molar refractivity (Wildman–Crippen MR) is 46.9 cm³/mol. The first-order valence-corrected chi connectivity index (χ1v) is 4.37. The van der Waals surface area contributed by atoms with E-state index in [0.29, 0.717) is 0 Å². The van der Waals surface area contributed by atoms with Gasteiger partial charge in [-0.05, 0) is 13.3 Å². The van der Waals surface area contributed by atoms with Crippen molar-refractivity contribution in [2.45, 2.75) is 19.4 Å². The highest BCUT2D eigenvalue weighted by Crippen LogP contribution is 1.95. The van der Waals surface area contributed by atoms with E-state index < -0.39 is 18.1 Å². The zero-order chi connectivity index (χ0) is 10.3. The van der Waals surface area contributed by atoms with Gasteiger partial charge in [0.2, 0.25) is 0 Å². The molecule has 6 heteroatoms. The molecule has 0 fully saturated rings. The van der Waals surface area contributed by atoms with Crippen molar-refractivity contribution in [2.24, 2.45) is 0 Å². The van der Waals surface area contributed by atoms with Gasteiger partial charge in [0.25, 0.3) is 0 Å². The van der Waals surface area contributed by atoms with Crippen LogP contribution < -0.4 is 5.32 Å². The summed E-state index contributed by atoms with van der Waals surface area (Å²) in [4.78, 5) is 21.3. The summed E-state index contributed by atoms with van der Waals surface area (Å²) in [5.74, 6) is -0.947. The second-order valence-corrected chi connectivity index (χ2v) is 2.61. The molecule has 1 amide bonds. The lowest BCUT2D eigenvalue weighted by Gasteiger charge is -2.12. The van der Waals surface area contributed by atoms with E-state index >= 15 is 0 Å². The Bertz CT molecular complexity index is 185. The van der Waals surface area contributed by atoms with E-state index in [9.17, 15) is 9.59 Å². The quantitative estimate of drug-likeness (QED) is 0.658. The van der Waals surface area contributed by atoms with E-state index in [2.05, 4.69) is 10.1 Å². The Hall–Kier alpha value is -0.970. The van der Waals surface area contributed by atoms with Crippen LogP contribution >= 0.6 is 11.6 Å². The molecule has 0 aromatic carbocycles. The number of carbonyl (C=O) groups is 2. The van der Waals surface area contributed by atoms with Crippen LogP contribution in [0, 0.1) is 0 Å². The molecule has 0 aromatic rings. The van der Waals surface area contributed by atoms with Gasteiger partial charge in [-0.2, -0.15) is 0 Å². The Morgan fingerprint density at radius 3 is 2.62 bits per heavy atom. The maximum atomic E-state index is 10.8. The molecule has 13 heavy (non-hydrogen) atoms. The minimum Gasteiger partial charge on any atom is -0.480 e. The van der Waals surface area contributed by atoms with Crippen LogP contribution in [0.4, 0.5) is 4.79 Å². The fraction of sp³-hybridized carbons (Fsp3) is 0.714. The molecule has 5 nitrogen and oxygen atoms in total. The van der Waals surface area contributed by atoms with Gasteiger partial charge in [-0.1, -0.05) is 0 Å². The summed E-state index contributed by atoms with van der Waals surface area (Å²) < 4.78 is 4.51. The van der Waals surface area contributed by atoms with Crippen LogP contribution in [-0.2, 0) is 9.53 Å². The van der Waals surface area contributed by atoms with Gasteiger partial charge >= 0.3 is 12.1 Å². The van der Waals surface area contributed by atoms with Crippen LogP contribution in [0.3, 0.4) is 0 Å². The van der Waals surface area contributed by atoms with Crippen LogP contribution in [0.5, 0.6) is 0 Å². The molecule has 0 aliphatic rings. The van der Waals surface area contributed by atoms with E-state index in [1.54, 1.807) is 6.92 Å². The Morgan fingerprint density at radius 1 is 1.62 bits per heavy atom. The number of hydrogen-bond acceptors (Lipinski definition) is 3. The third-order valence-corrected chi connectivity index (χ3v) is 1.48. The van der Waals surface area contributed by atoms with Gasteiger partial charge in [0.05, 0.1) is 6.61 Å². The van der Waals surface area contributed by atoms with Crippen LogP contribution in [-0.4, -0.2) is 35.7 Å². The Morgan fingerprint density at radius 2 is 2.23 bits per heavy atom. The number of alkyl halides is 1. The second kappa shape index (κ2) is 6.54. The third-order valence-electron chi connectivity index (χ3n) is 1.26. The number of amides is 1. The maximum Gasteiger partial charge on any atom is 0.407 e. The number of ether oxygens (including phenoxy) is 1. The van der Waals surface area contributed by atoms with Crippen molar-refractivity contribution in [3.05, 3.63) is 0 Å². The van der Waals surface area contributed by atoms with E-state index in [0.717, 1.165) is 0 Å². The predicted octanol–water partition coefficient (Wildman–Crippen LogP) is 0.815. The summed E-state index contributed by atoms with van der Waals surface area (Å²) in [7, 11) is 0. The highest BCUT2D eigenvalue weighted by Gasteiger charge is 2.19. The van der Waals surface area contributed by atoms with Crippen molar-refractivity contribution in [3.8, 4) is 0 Å². The molecule has 0 saturated heterocycles. The molecule has 0 rings (SSSR count). The zero-order valence-electron chi connectivity index (χ0n) is 7.25. The maximum absolute atomic E-state index is 10.8. The summed E-state index contributed by atoms with van der Waals surface area (Å²) in [5.41, 5.74) is 0. The lowest BCUT2D eigenvalue weighted by Crippen LogP contribution is -2.41. The smallest absolute Gasteiger partial charge is 0.407 e. The topological polar surface area (TPSA) is 75.6 Å². The molecule has 2 N–H and O–H groups in total. The molecule has 1 unspecified atom stereocenters. The molecular weight excluding hydrogens is 198 g/mol. The number of alkyl carbamates (subject to hydrolysis) is 1. The highest BCUT2D eigenvalue weighted by atomic mass is 35.5. The fourth-order valence-corrected chi connectivity index (χ4v) is 0.900. The molecule has 0 aliphatic carbocycles. The Kier molecular flexibility index (Phi) is 6.05. The van der Waals surface area contributed by atoms with Crippen molar-refractivity contribution in [1.29, 1.82) is 0 Å². The molecule has 0 radical (unpaired) electrons. The van der Waals surface area contributed by atoms with E-state index in [1.165, 1.54) is 0 Å². The average molecular weight is 210 g/mol. The summed E-state index contributed by atoms with van der Waals surface area (Å²) in [5, 5.41) is 10.8. The number of halogens is 1. The molecule has 0 aromatic heterocycles. The lowest BCUT2D eigenvalue weighted by molar-refractivity contribution is -0.139. The summed E-state index contributed by atoms with van der Waals surface area (Å²) in [6, 6.07) is -0.975. The number of carbonyl (C=O) groups excluding carboxylic acids is 1. The SMILES string of the molecule is CCOC(=O)NC(CCCl)C(=O)O. The van der Waals surface area contributed by atoms with Crippen molar-refractivity contribution < 1.29 is 19.4 Å². The van der Waals surface area contributed by atoms with Gasteiger partial charge in [0.1, 0.15) is 6.04 Å². The van der Waals surface area contributed by atoms with Gasteiger partial charge in [-0.15, -0.1) is 11.6 Å². The van der Waals surface area contributed by atoms with Crippen molar-refractivity contribution in [2.75, 3.05) is 12.5 Å². The highest BCUT2D eigenvalue weighted by molar-refractivity contribution is 6.18. The fourth-order valence-electron chi connectivity index (χ4n) is 0.682. The zero-order valence-corrected chi connectivity index (χ0v) is 8.00. The van der Waals surface area contributed by atoms with E-state index in [1.807, 2.05) is 0 Å². The van der Waals surface area contributed by atoms with Gasteiger partial charge in [0.15, 0.2) is 0 Å². The van der Waals surface area contributed by atoms with Crippen molar-refractivity contribution in [1.82, 2.24) is 5.32 Å². The van der Waals surface area contributed by atoms with Gasteiger partial charge in [-0.25, -0.2) is 9.59 Å². The van der Waals surface area contributed by atoms with Gasteiger partial charge < -0.3 is 15.2 Å². The van der Waals surface area contributed by atoms with Crippen LogP contribution in [0.1, 0.15) is 13.3 Å². The largest absolute Gasteiger partial charge is 0.480 e. The summed E-state index contributed by atoms with van der Waals surface area (Å²) in [6.45, 7) is 1.84. The minimum atomic E-state index is -1.12. The molecule has 0 bridgehead atoms. The molecule has 0 spiro atoms. The van der Waals surface area contributed by atoms with Crippen molar-refractivity contribution >= 4 is 23.7 Å². The average Bonchev–Trinajstić information content (AvgIpc) is 2.04. The number of hydrogen-bond donors (Lipinski definition) is 2. The molecular formula is C7H12ClNO4. The number of aliphatic carboxylic acids is 1. The standard InChI is InChI=1S/C7H12ClNO4/c1-2-13-7(12)9-5(3-4-8)6(10)11/h5H,2-4H2,1H3,(H,9,12)(H,10,11). The first-order valence-electron chi connectivity index (χ1n) is 3.83. The monoisotopic (exact) mass is 209 g/mol. The first kappa shape index (κ1) is 12.0. The number of rotatable bonds is 5. The Labute approximate surface area is 81.0 Å². The summed E-state index contributed by atoms with van der Waals surface area (Å²) >= 11 is 5.35. The number of nitrogens with one attached hydrogen (secondary N) is 1. The second-order valence-electron chi connectivity index (χ2n) is 2.23. The van der Waals surface area contributed by atoms with Gasteiger partial charge in [0, 0.05) is 5.88 Å². The van der Waals surface area contributed by atoms with Crippen LogP contribution in [0.2, 0.25) is 0 Å². The van der Waals surface area contributed by atoms with Crippen LogP contribution in [0.25, 0.3) is 0 Å². The van der Waals surface area contributed by atoms with Crippen molar-refractivity contribution in [3.63, 3.8) is 0 Å².